The Morgan fingerprint density at radius 1 is 0.529 bits per heavy atom. The van der Waals surface area contributed by atoms with E-state index < -0.39 is 20.4 Å². The van der Waals surface area contributed by atoms with Gasteiger partial charge in [-0.1, -0.05) is 54.6 Å². The molecule has 0 unspecified atom stereocenters. The van der Waals surface area contributed by atoms with Crippen molar-refractivity contribution in [2.45, 2.75) is 46.0 Å². The first-order chi connectivity index (χ1) is 16.2. The fourth-order valence-electron chi connectivity index (χ4n) is 3.56. The van der Waals surface area contributed by atoms with Crippen molar-refractivity contribution in [3.8, 4) is 5.75 Å². The van der Waals surface area contributed by atoms with Crippen LogP contribution in [0.2, 0.25) is 0 Å². The van der Waals surface area contributed by atoms with Crippen LogP contribution in [0, 0.1) is 0 Å². The largest absolute Gasteiger partial charge is 0.488 e. The summed E-state index contributed by atoms with van der Waals surface area (Å²) in [6, 6.07) is 34.9. The van der Waals surface area contributed by atoms with Crippen LogP contribution in [0.1, 0.15) is 20.8 Å². The molecule has 0 N–H and O–H groups in total. The van der Waals surface area contributed by atoms with Gasteiger partial charge in [-0.05, 0) is 91.7 Å². The van der Waals surface area contributed by atoms with E-state index in [0.717, 1.165) is 14.7 Å². The summed E-state index contributed by atoms with van der Waals surface area (Å²) in [5.41, 5.74) is -0.350. The molecule has 0 bridgehead atoms. The molecule has 0 heterocycles. The van der Waals surface area contributed by atoms with Gasteiger partial charge in [0.05, 0.1) is 4.90 Å². The molecule has 4 nitrogen and oxygen atoms in total. The smallest absolute Gasteiger partial charge is 0.307 e. The molecule has 0 spiro atoms. The van der Waals surface area contributed by atoms with Crippen molar-refractivity contribution in [2.75, 3.05) is 0 Å². The molecule has 0 fully saturated rings. The van der Waals surface area contributed by atoms with Gasteiger partial charge in [-0.25, -0.2) is 3.63 Å². The predicted octanol–water partition coefficient (Wildman–Crippen LogP) is 7.47. The van der Waals surface area contributed by atoms with Crippen molar-refractivity contribution < 1.29 is 16.8 Å². The van der Waals surface area contributed by atoms with E-state index in [9.17, 15) is 8.42 Å². The highest BCUT2D eigenvalue weighted by molar-refractivity contribution is 8.33. The van der Waals surface area contributed by atoms with E-state index in [0.29, 0.717) is 5.75 Å². The molecule has 0 radical (unpaired) electrons. The molecule has 34 heavy (non-hydrogen) atoms. The van der Waals surface area contributed by atoms with Gasteiger partial charge in [-0.15, -0.1) is 0 Å². The Morgan fingerprint density at radius 3 is 1.32 bits per heavy atom. The van der Waals surface area contributed by atoms with Gasteiger partial charge in [0.15, 0.2) is 0 Å². The summed E-state index contributed by atoms with van der Waals surface area (Å²) in [6.45, 7) is 5.96. The van der Waals surface area contributed by atoms with Crippen molar-refractivity contribution in [1.29, 1.82) is 0 Å². The third kappa shape index (κ3) is 5.20. The van der Waals surface area contributed by atoms with Gasteiger partial charge in [0, 0.05) is 14.7 Å². The predicted molar refractivity (Wildman–Crippen MR) is 137 cm³/mol. The van der Waals surface area contributed by atoms with E-state index in [4.69, 9.17) is 8.37 Å². The minimum absolute atomic E-state index is 0.117. The Labute approximate surface area is 203 Å². The standard InChI is InChI=1S/C28H28O4S2/c1-28(2,3)31-23-19-21-26(22-20-23)33(24-13-7-4-8-14-24,25-15-9-5-10-16-25)32-34(29,30)27-17-11-6-12-18-27/h4-22H,1-3H3. The Bertz CT molecular complexity index is 1270. The SMILES string of the molecule is CC(C)(C)Oc1ccc(S(OS(=O)(=O)c2ccccc2)(c2ccccc2)c2ccccc2)cc1. The van der Waals surface area contributed by atoms with Crippen LogP contribution >= 0.6 is 10.3 Å². The third-order valence-corrected chi connectivity index (χ3v) is 10.1. The van der Waals surface area contributed by atoms with Gasteiger partial charge in [-0.2, -0.15) is 8.42 Å². The van der Waals surface area contributed by atoms with Crippen LogP contribution in [-0.4, -0.2) is 14.0 Å². The molecule has 0 aliphatic heterocycles. The molecule has 0 atom stereocenters. The monoisotopic (exact) mass is 492 g/mol. The minimum atomic E-state index is -4.10. The molecule has 6 heteroatoms. The lowest BCUT2D eigenvalue weighted by Crippen LogP contribution is -2.22. The fraction of sp³-hybridized carbons (Fsp3) is 0.143. The maximum atomic E-state index is 13.6. The average Bonchev–Trinajstić information content (AvgIpc) is 2.84. The first kappa shape index (κ1) is 24.1. The van der Waals surface area contributed by atoms with Crippen LogP contribution in [0.25, 0.3) is 0 Å². The normalized spacial score (nSPS) is 12.8. The Morgan fingerprint density at radius 2 is 0.912 bits per heavy atom. The zero-order valence-corrected chi connectivity index (χ0v) is 21.1. The fourth-order valence-corrected chi connectivity index (χ4v) is 8.80. The second-order valence-corrected chi connectivity index (χ2v) is 13.2. The maximum Gasteiger partial charge on any atom is 0.307 e. The second-order valence-electron chi connectivity index (χ2n) is 8.70. The molecule has 0 saturated carbocycles. The summed E-state index contributed by atoms with van der Waals surface area (Å²) in [6.07, 6.45) is 0. The second kappa shape index (κ2) is 9.66. The average molecular weight is 493 g/mol. The van der Waals surface area contributed by atoms with Crippen molar-refractivity contribution in [3.63, 3.8) is 0 Å². The summed E-state index contributed by atoms with van der Waals surface area (Å²) >= 11 is 0. The van der Waals surface area contributed by atoms with E-state index in [1.54, 1.807) is 30.3 Å². The first-order valence-electron chi connectivity index (χ1n) is 10.9. The maximum absolute atomic E-state index is 13.6. The summed E-state index contributed by atoms with van der Waals surface area (Å²) in [7, 11) is -6.74. The van der Waals surface area contributed by atoms with Crippen molar-refractivity contribution in [2.24, 2.45) is 0 Å². The summed E-state index contributed by atoms with van der Waals surface area (Å²) in [5, 5.41) is 0. The molecule has 0 aromatic heterocycles. The lowest BCUT2D eigenvalue weighted by Gasteiger charge is -2.39. The molecule has 4 rings (SSSR count). The van der Waals surface area contributed by atoms with Crippen LogP contribution in [0.5, 0.6) is 5.75 Å². The quantitative estimate of drug-likeness (QED) is 0.269. The molecule has 4 aromatic carbocycles. The number of benzene rings is 4. The summed E-state index contributed by atoms with van der Waals surface area (Å²) < 4.78 is 39.5. The van der Waals surface area contributed by atoms with Gasteiger partial charge in [0.2, 0.25) is 0 Å². The van der Waals surface area contributed by atoms with E-state index in [1.807, 2.05) is 106 Å². The van der Waals surface area contributed by atoms with Gasteiger partial charge in [0.1, 0.15) is 11.4 Å². The van der Waals surface area contributed by atoms with E-state index in [2.05, 4.69) is 0 Å². The van der Waals surface area contributed by atoms with Crippen molar-refractivity contribution >= 4 is 20.4 Å². The molecule has 0 amide bonds. The van der Waals surface area contributed by atoms with Crippen LogP contribution < -0.4 is 4.74 Å². The first-order valence-corrected chi connectivity index (χ1v) is 13.9. The van der Waals surface area contributed by atoms with E-state index in [1.165, 1.54) is 0 Å². The lowest BCUT2D eigenvalue weighted by molar-refractivity contribution is 0.131. The number of hydrogen-bond donors (Lipinski definition) is 0. The summed E-state index contributed by atoms with van der Waals surface area (Å²) in [5.74, 6) is 0.705. The summed E-state index contributed by atoms with van der Waals surface area (Å²) in [4.78, 5) is 2.44. The molecule has 0 aliphatic carbocycles. The zero-order chi connectivity index (χ0) is 24.2. The molecule has 4 aromatic rings. The van der Waals surface area contributed by atoms with Gasteiger partial charge < -0.3 is 4.74 Å². The van der Waals surface area contributed by atoms with Gasteiger partial charge >= 0.3 is 10.1 Å². The van der Waals surface area contributed by atoms with E-state index in [-0.39, 0.29) is 10.5 Å². The third-order valence-electron chi connectivity index (χ3n) is 4.95. The van der Waals surface area contributed by atoms with Crippen LogP contribution in [0.3, 0.4) is 0 Å². The Balaban J connectivity index is 1.95. The topological polar surface area (TPSA) is 52.6 Å². The van der Waals surface area contributed by atoms with Crippen LogP contribution in [0.4, 0.5) is 0 Å². The van der Waals surface area contributed by atoms with Crippen molar-refractivity contribution in [1.82, 2.24) is 0 Å². The number of rotatable bonds is 7. The van der Waals surface area contributed by atoms with Gasteiger partial charge in [-0.3, -0.25) is 0 Å². The Kier molecular flexibility index (Phi) is 6.84. The van der Waals surface area contributed by atoms with Crippen molar-refractivity contribution in [3.05, 3.63) is 115 Å². The molecular formula is C28H28O4S2. The van der Waals surface area contributed by atoms with E-state index >= 15 is 0 Å². The highest BCUT2D eigenvalue weighted by atomic mass is 32.3. The number of hydrogen-bond acceptors (Lipinski definition) is 4. The molecule has 0 aliphatic rings. The molecule has 176 valence electrons. The highest BCUT2D eigenvalue weighted by Gasteiger charge is 2.38. The van der Waals surface area contributed by atoms with Gasteiger partial charge in [0.25, 0.3) is 0 Å². The molecular weight excluding hydrogens is 464 g/mol. The van der Waals surface area contributed by atoms with Crippen LogP contribution in [0.15, 0.2) is 135 Å². The number of ether oxygens (including phenoxy) is 1. The van der Waals surface area contributed by atoms with Crippen LogP contribution in [-0.2, 0) is 13.7 Å². The lowest BCUT2D eigenvalue weighted by atomic mass is 10.2. The Hall–Kier alpha value is -3.06. The highest BCUT2D eigenvalue weighted by Crippen LogP contribution is 2.70. The minimum Gasteiger partial charge on any atom is -0.488 e. The molecule has 0 saturated heterocycles. The zero-order valence-electron chi connectivity index (χ0n) is 19.4.